The molecule has 0 unspecified atom stereocenters. The van der Waals surface area contributed by atoms with Gasteiger partial charge in [-0.15, -0.1) is 0 Å². The van der Waals surface area contributed by atoms with Crippen LogP contribution >= 0.6 is 15.9 Å². The van der Waals surface area contributed by atoms with E-state index in [0.29, 0.717) is 17.4 Å². The maximum absolute atomic E-state index is 4.60. The number of halogens is 1. The van der Waals surface area contributed by atoms with Crippen LogP contribution in [0.5, 0.6) is 0 Å². The highest BCUT2D eigenvalue weighted by Crippen LogP contribution is 2.28. The zero-order chi connectivity index (χ0) is 14.5. The number of H-pyrrole nitrogens is 1. The summed E-state index contributed by atoms with van der Waals surface area (Å²) in [7, 11) is 0. The van der Waals surface area contributed by atoms with Crippen LogP contribution in [0, 0.1) is 5.92 Å². The van der Waals surface area contributed by atoms with Crippen molar-refractivity contribution in [2.45, 2.75) is 33.6 Å². The molecule has 2 aromatic rings. The number of rotatable bonds is 6. The second-order valence-corrected chi connectivity index (χ2v) is 5.83. The Bertz CT molecular complexity index is 552. The van der Waals surface area contributed by atoms with Crippen molar-refractivity contribution >= 4 is 21.7 Å². The van der Waals surface area contributed by atoms with Gasteiger partial charge in [-0.2, -0.15) is 15.4 Å². The van der Waals surface area contributed by atoms with Gasteiger partial charge in [0, 0.05) is 6.54 Å². The third-order valence-electron chi connectivity index (χ3n) is 2.71. The monoisotopic (exact) mass is 338 g/mol. The van der Waals surface area contributed by atoms with Gasteiger partial charge in [-0.1, -0.05) is 20.8 Å². The zero-order valence-electron chi connectivity index (χ0n) is 11.9. The molecule has 0 aliphatic carbocycles. The second kappa shape index (κ2) is 6.78. The van der Waals surface area contributed by atoms with Crippen LogP contribution in [0.2, 0.25) is 0 Å². The summed E-state index contributed by atoms with van der Waals surface area (Å²) in [5.41, 5.74) is 1.65. The van der Waals surface area contributed by atoms with E-state index in [0.717, 1.165) is 35.4 Å². The second-order valence-electron chi connectivity index (χ2n) is 5.04. The number of nitrogens with one attached hydrogen (secondary N) is 2. The van der Waals surface area contributed by atoms with Crippen LogP contribution < -0.4 is 5.32 Å². The normalized spacial score (nSPS) is 11.1. The summed E-state index contributed by atoms with van der Waals surface area (Å²) < 4.78 is 0.937. The van der Waals surface area contributed by atoms with E-state index in [-0.39, 0.29) is 0 Å². The molecule has 0 saturated carbocycles. The standard InChI is InChI=1S/C13H19BrN6/c1-4-5-15-13-11(14)9(6-8(2)3)17-12(18-13)10-7-16-20-19-10/h7-8H,4-6H2,1-3H3,(H,15,17,18)(H,16,19,20). The first-order valence-electron chi connectivity index (χ1n) is 6.78. The van der Waals surface area contributed by atoms with Crippen molar-refractivity contribution in [3.05, 3.63) is 16.4 Å². The molecule has 2 N–H and O–H groups in total. The van der Waals surface area contributed by atoms with Crippen molar-refractivity contribution in [2.24, 2.45) is 5.92 Å². The Balaban J connectivity index is 2.42. The average Bonchev–Trinajstić information content (AvgIpc) is 2.93. The van der Waals surface area contributed by atoms with Gasteiger partial charge >= 0.3 is 0 Å². The van der Waals surface area contributed by atoms with Crippen LogP contribution in [0.25, 0.3) is 11.5 Å². The molecule has 0 atom stereocenters. The molecule has 108 valence electrons. The average molecular weight is 339 g/mol. The number of hydrogen-bond donors (Lipinski definition) is 2. The van der Waals surface area contributed by atoms with Gasteiger partial charge in [-0.3, -0.25) is 0 Å². The van der Waals surface area contributed by atoms with Crippen LogP contribution in [-0.2, 0) is 6.42 Å². The van der Waals surface area contributed by atoms with Crippen molar-refractivity contribution in [1.82, 2.24) is 25.4 Å². The van der Waals surface area contributed by atoms with E-state index < -0.39 is 0 Å². The number of hydrogen-bond acceptors (Lipinski definition) is 5. The van der Waals surface area contributed by atoms with Crippen molar-refractivity contribution in [3.8, 4) is 11.5 Å². The highest BCUT2D eigenvalue weighted by Gasteiger charge is 2.15. The third kappa shape index (κ3) is 3.53. The minimum atomic E-state index is 0.519. The summed E-state index contributed by atoms with van der Waals surface area (Å²) in [6, 6.07) is 0. The molecule has 0 aliphatic rings. The number of aromatic nitrogens is 5. The van der Waals surface area contributed by atoms with Gasteiger partial charge < -0.3 is 5.32 Å². The summed E-state index contributed by atoms with van der Waals surface area (Å²) in [6.07, 6.45) is 3.55. The molecular weight excluding hydrogens is 320 g/mol. The molecule has 20 heavy (non-hydrogen) atoms. The van der Waals surface area contributed by atoms with Crippen molar-refractivity contribution in [2.75, 3.05) is 11.9 Å². The fourth-order valence-corrected chi connectivity index (χ4v) is 2.28. The summed E-state index contributed by atoms with van der Waals surface area (Å²) >= 11 is 3.61. The molecule has 7 heteroatoms. The molecule has 0 radical (unpaired) electrons. The molecule has 0 bridgehead atoms. The first kappa shape index (κ1) is 14.9. The zero-order valence-corrected chi connectivity index (χ0v) is 13.5. The highest BCUT2D eigenvalue weighted by molar-refractivity contribution is 9.10. The Kier molecular flexibility index (Phi) is 5.05. The molecule has 0 spiro atoms. The van der Waals surface area contributed by atoms with E-state index in [9.17, 15) is 0 Å². The quantitative estimate of drug-likeness (QED) is 0.846. The van der Waals surface area contributed by atoms with E-state index in [2.05, 4.69) is 67.4 Å². The smallest absolute Gasteiger partial charge is 0.184 e. The van der Waals surface area contributed by atoms with E-state index >= 15 is 0 Å². The van der Waals surface area contributed by atoms with Gasteiger partial charge in [0.15, 0.2) is 5.82 Å². The predicted molar refractivity (Wildman–Crippen MR) is 82.4 cm³/mol. The van der Waals surface area contributed by atoms with Crippen LogP contribution in [-0.4, -0.2) is 31.9 Å². The van der Waals surface area contributed by atoms with Gasteiger partial charge in [0.25, 0.3) is 0 Å². The van der Waals surface area contributed by atoms with Gasteiger partial charge in [-0.05, 0) is 34.7 Å². The summed E-state index contributed by atoms with van der Waals surface area (Å²) in [6.45, 7) is 7.33. The van der Waals surface area contributed by atoms with Crippen molar-refractivity contribution < 1.29 is 0 Å². The van der Waals surface area contributed by atoms with Crippen LogP contribution in [0.3, 0.4) is 0 Å². The van der Waals surface area contributed by atoms with Gasteiger partial charge in [-0.25, -0.2) is 9.97 Å². The fraction of sp³-hybridized carbons (Fsp3) is 0.538. The van der Waals surface area contributed by atoms with Gasteiger partial charge in [0.05, 0.1) is 16.4 Å². The van der Waals surface area contributed by atoms with Crippen LogP contribution in [0.15, 0.2) is 10.7 Å². The highest BCUT2D eigenvalue weighted by atomic mass is 79.9. The lowest BCUT2D eigenvalue weighted by atomic mass is 10.1. The summed E-state index contributed by atoms with van der Waals surface area (Å²) in [4.78, 5) is 9.13. The number of nitrogens with zero attached hydrogens (tertiary/aromatic N) is 4. The van der Waals surface area contributed by atoms with E-state index in [4.69, 9.17) is 0 Å². The Hall–Kier alpha value is -1.50. The summed E-state index contributed by atoms with van der Waals surface area (Å²) in [5.74, 6) is 1.93. The molecular formula is C13H19BrN6. The lowest BCUT2D eigenvalue weighted by Crippen LogP contribution is -2.09. The van der Waals surface area contributed by atoms with Crippen LogP contribution in [0.4, 0.5) is 5.82 Å². The fourth-order valence-electron chi connectivity index (χ4n) is 1.80. The molecule has 0 saturated heterocycles. The Morgan fingerprint density at radius 1 is 1.35 bits per heavy atom. The Morgan fingerprint density at radius 2 is 2.15 bits per heavy atom. The van der Waals surface area contributed by atoms with Crippen molar-refractivity contribution in [1.29, 1.82) is 0 Å². The lowest BCUT2D eigenvalue weighted by molar-refractivity contribution is 0.632. The van der Waals surface area contributed by atoms with Crippen molar-refractivity contribution in [3.63, 3.8) is 0 Å². The maximum Gasteiger partial charge on any atom is 0.184 e. The molecule has 6 nitrogen and oxygen atoms in total. The first-order chi connectivity index (χ1) is 9.61. The SMILES string of the molecule is CCCNc1nc(-c2cn[nH]n2)nc(CC(C)C)c1Br. The Labute approximate surface area is 126 Å². The van der Waals surface area contributed by atoms with Crippen LogP contribution in [0.1, 0.15) is 32.9 Å². The Morgan fingerprint density at radius 3 is 2.75 bits per heavy atom. The molecule has 2 aromatic heterocycles. The van der Waals surface area contributed by atoms with Gasteiger partial charge in [0.2, 0.25) is 0 Å². The minimum absolute atomic E-state index is 0.519. The number of anilines is 1. The topological polar surface area (TPSA) is 79.4 Å². The maximum atomic E-state index is 4.60. The largest absolute Gasteiger partial charge is 0.369 e. The van der Waals surface area contributed by atoms with Gasteiger partial charge in [0.1, 0.15) is 11.5 Å². The predicted octanol–water partition coefficient (Wildman–Crippen LogP) is 3.04. The lowest BCUT2D eigenvalue weighted by Gasteiger charge is -2.13. The molecule has 0 amide bonds. The number of aromatic amines is 1. The summed E-state index contributed by atoms with van der Waals surface area (Å²) in [5, 5.41) is 13.8. The molecule has 0 aliphatic heterocycles. The first-order valence-corrected chi connectivity index (χ1v) is 7.57. The van der Waals surface area contributed by atoms with E-state index in [1.807, 2.05) is 0 Å². The molecule has 2 heterocycles. The third-order valence-corrected chi connectivity index (χ3v) is 3.54. The minimum Gasteiger partial charge on any atom is -0.369 e. The molecule has 2 rings (SSSR count). The molecule has 0 aromatic carbocycles. The molecule has 0 fully saturated rings. The van der Waals surface area contributed by atoms with E-state index in [1.54, 1.807) is 6.20 Å². The van der Waals surface area contributed by atoms with E-state index in [1.165, 1.54) is 0 Å².